The molecule has 4 nitrogen and oxygen atoms in total. The minimum absolute atomic E-state index is 0.112. The second-order valence-electron chi connectivity index (χ2n) is 6.17. The van der Waals surface area contributed by atoms with E-state index in [1.807, 2.05) is 19.1 Å². The van der Waals surface area contributed by atoms with Crippen LogP contribution in [-0.2, 0) is 11.2 Å². The van der Waals surface area contributed by atoms with Crippen LogP contribution in [0, 0.1) is 0 Å². The van der Waals surface area contributed by atoms with Gasteiger partial charge < -0.3 is 15.7 Å². The van der Waals surface area contributed by atoms with E-state index in [2.05, 4.69) is 10.6 Å². The predicted molar refractivity (Wildman–Crippen MR) is 88.9 cm³/mol. The van der Waals surface area contributed by atoms with E-state index in [-0.39, 0.29) is 17.7 Å². The van der Waals surface area contributed by atoms with Crippen molar-refractivity contribution in [3.8, 4) is 5.75 Å². The van der Waals surface area contributed by atoms with E-state index in [0.717, 1.165) is 37.8 Å². The molecule has 1 fully saturated rings. The number of hydrogen-bond donors (Lipinski definition) is 3. The van der Waals surface area contributed by atoms with Crippen LogP contribution in [0.5, 0.6) is 5.75 Å². The Morgan fingerprint density at radius 3 is 2.55 bits per heavy atom. The van der Waals surface area contributed by atoms with Crippen LogP contribution in [0.3, 0.4) is 0 Å². The summed E-state index contributed by atoms with van der Waals surface area (Å²) < 4.78 is 0. The van der Waals surface area contributed by atoms with Crippen LogP contribution < -0.4 is 10.6 Å². The monoisotopic (exact) mass is 304 g/mol. The second-order valence-corrected chi connectivity index (χ2v) is 6.17. The third kappa shape index (κ3) is 5.34. The molecule has 0 spiro atoms. The summed E-state index contributed by atoms with van der Waals surface area (Å²) >= 11 is 0. The van der Waals surface area contributed by atoms with Crippen molar-refractivity contribution in [3.05, 3.63) is 29.8 Å². The smallest absolute Gasteiger partial charge is 0.237 e. The van der Waals surface area contributed by atoms with Gasteiger partial charge in [-0.1, -0.05) is 38.3 Å². The maximum atomic E-state index is 12.3. The molecule has 0 unspecified atom stereocenters. The molecule has 0 radical (unpaired) electrons. The highest BCUT2D eigenvalue weighted by molar-refractivity contribution is 5.81. The van der Waals surface area contributed by atoms with Crippen LogP contribution in [0.15, 0.2) is 24.3 Å². The zero-order valence-corrected chi connectivity index (χ0v) is 13.5. The molecule has 1 amide bonds. The molecule has 2 rings (SSSR count). The Morgan fingerprint density at radius 2 is 1.91 bits per heavy atom. The highest BCUT2D eigenvalue weighted by Gasteiger charge is 2.20. The molecule has 4 heteroatoms. The normalized spacial score (nSPS) is 17.1. The number of nitrogens with one attached hydrogen (secondary N) is 2. The average Bonchev–Trinajstić information content (AvgIpc) is 2.54. The van der Waals surface area contributed by atoms with E-state index in [0.29, 0.717) is 6.04 Å². The Hall–Kier alpha value is -1.55. The SMILES string of the molecule is CC[C@@H](NCCc1ccc(O)cc1)C(=O)NC1CCCCC1. The first-order chi connectivity index (χ1) is 10.7. The van der Waals surface area contributed by atoms with Crippen molar-refractivity contribution in [2.75, 3.05) is 6.54 Å². The van der Waals surface area contributed by atoms with E-state index < -0.39 is 0 Å². The summed E-state index contributed by atoms with van der Waals surface area (Å²) in [6, 6.07) is 7.48. The molecule has 1 aromatic carbocycles. The molecule has 1 saturated carbocycles. The van der Waals surface area contributed by atoms with Gasteiger partial charge in [0.15, 0.2) is 0 Å². The first kappa shape index (κ1) is 16.8. The Balaban J connectivity index is 1.73. The van der Waals surface area contributed by atoms with Crippen LogP contribution in [0.2, 0.25) is 0 Å². The molecule has 0 aromatic heterocycles. The van der Waals surface area contributed by atoms with Crippen molar-refractivity contribution in [2.24, 2.45) is 0 Å². The minimum atomic E-state index is -0.112. The molecule has 1 aliphatic carbocycles. The van der Waals surface area contributed by atoms with Gasteiger partial charge in [0.2, 0.25) is 5.91 Å². The van der Waals surface area contributed by atoms with Crippen LogP contribution >= 0.6 is 0 Å². The van der Waals surface area contributed by atoms with Crippen LogP contribution in [0.4, 0.5) is 0 Å². The predicted octanol–water partition coefficient (Wildman–Crippen LogP) is 2.75. The molecular formula is C18H28N2O2. The van der Waals surface area contributed by atoms with Gasteiger partial charge in [-0.15, -0.1) is 0 Å². The van der Waals surface area contributed by atoms with Gasteiger partial charge in [0.1, 0.15) is 5.75 Å². The Bertz CT molecular complexity index is 453. The van der Waals surface area contributed by atoms with Crippen LogP contribution in [0.1, 0.15) is 51.0 Å². The summed E-state index contributed by atoms with van der Waals surface area (Å²) in [6.45, 7) is 2.81. The van der Waals surface area contributed by atoms with Gasteiger partial charge in [0.05, 0.1) is 6.04 Å². The summed E-state index contributed by atoms with van der Waals surface area (Å²) in [6.07, 6.45) is 7.66. The number of carbonyl (C=O) groups excluding carboxylic acids is 1. The van der Waals surface area contributed by atoms with Gasteiger partial charge in [0, 0.05) is 6.04 Å². The molecule has 0 heterocycles. The lowest BCUT2D eigenvalue weighted by molar-refractivity contribution is -0.124. The topological polar surface area (TPSA) is 61.4 Å². The quantitative estimate of drug-likeness (QED) is 0.726. The molecule has 1 aromatic rings. The number of phenolic OH excluding ortho intramolecular Hbond substituents is 1. The minimum Gasteiger partial charge on any atom is -0.508 e. The van der Waals surface area contributed by atoms with Crippen molar-refractivity contribution >= 4 is 5.91 Å². The van der Waals surface area contributed by atoms with Crippen molar-refractivity contribution in [2.45, 2.75) is 64.0 Å². The molecular weight excluding hydrogens is 276 g/mol. The lowest BCUT2D eigenvalue weighted by Gasteiger charge is -2.25. The summed E-state index contributed by atoms with van der Waals surface area (Å²) in [5.74, 6) is 0.426. The summed E-state index contributed by atoms with van der Waals surface area (Å²) in [7, 11) is 0. The third-order valence-electron chi connectivity index (χ3n) is 4.42. The molecule has 0 aliphatic heterocycles. The fourth-order valence-corrected chi connectivity index (χ4v) is 3.02. The standard InChI is InChI=1S/C18H28N2O2/c1-2-17(18(22)20-15-6-4-3-5-7-15)19-13-12-14-8-10-16(21)11-9-14/h8-11,15,17,19,21H,2-7,12-13H2,1H3,(H,20,22)/t17-/m1/s1. The molecule has 0 saturated heterocycles. The zero-order valence-electron chi connectivity index (χ0n) is 13.5. The summed E-state index contributed by atoms with van der Waals surface area (Å²) in [5, 5.41) is 15.8. The molecule has 122 valence electrons. The number of amides is 1. The maximum absolute atomic E-state index is 12.3. The van der Waals surface area contributed by atoms with Crippen LogP contribution in [0.25, 0.3) is 0 Å². The van der Waals surface area contributed by atoms with E-state index in [9.17, 15) is 9.90 Å². The molecule has 22 heavy (non-hydrogen) atoms. The van der Waals surface area contributed by atoms with Crippen molar-refractivity contribution in [1.82, 2.24) is 10.6 Å². The number of hydrogen-bond acceptors (Lipinski definition) is 3. The van der Waals surface area contributed by atoms with Crippen molar-refractivity contribution < 1.29 is 9.90 Å². The zero-order chi connectivity index (χ0) is 15.8. The summed E-state index contributed by atoms with van der Waals surface area (Å²) in [5.41, 5.74) is 1.16. The van der Waals surface area contributed by atoms with Crippen LogP contribution in [-0.4, -0.2) is 29.6 Å². The van der Waals surface area contributed by atoms with Gasteiger partial charge in [-0.05, 0) is 49.9 Å². The number of carbonyl (C=O) groups is 1. The van der Waals surface area contributed by atoms with Gasteiger partial charge in [-0.2, -0.15) is 0 Å². The number of benzene rings is 1. The first-order valence-electron chi connectivity index (χ1n) is 8.50. The van der Waals surface area contributed by atoms with Gasteiger partial charge in [-0.3, -0.25) is 4.79 Å². The number of phenols is 1. The lowest BCUT2D eigenvalue weighted by atomic mass is 9.95. The Morgan fingerprint density at radius 1 is 1.23 bits per heavy atom. The highest BCUT2D eigenvalue weighted by Crippen LogP contribution is 2.17. The Kier molecular flexibility index (Phi) is 6.72. The molecule has 1 atom stereocenters. The molecule has 0 bridgehead atoms. The summed E-state index contributed by atoms with van der Waals surface area (Å²) in [4.78, 5) is 12.3. The first-order valence-corrected chi connectivity index (χ1v) is 8.50. The maximum Gasteiger partial charge on any atom is 0.237 e. The lowest BCUT2D eigenvalue weighted by Crippen LogP contribution is -2.48. The second kappa shape index (κ2) is 8.79. The van der Waals surface area contributed by atoms with Gasteiger partial charge in [-0.25, -0.2) is 0 Å². The number of aromatic hydroxyl groups is 1. The average molecular weight is 304 g/mol. The highest BCUT2D eigenvalue weighted by atomic mass is 16.3. The van der Waals surface area contributed by atoms with Crippen molar-refractivity contribution in [1.29, 1.82) is 0 Å². The van der Waals surface area contributed by atoms with Gasteiger partial charge in [0.25, 0.3) is 0 Å². The molecule has 3 N–H and O–H groups in total. The van der Waals surface area contributed by atoms with Crippen molar-refractivity contribution in [3.63, 3.8) is 0 Å². The van der Waals surface area contributed by atoms with E-state index in [1.54, 1.807) is 12.1 Å². The number of rotatable bonds is 7. The molecule has 1 aliphatic rings. The largest absolute Gasteiger partial charge is 0.508 e. The van der Waals surface area contributed by atoms with E-state index in [4.69, 9.17) is 0 Å². The van der Waals surface area contributed by atoms with E-state index >= 15 is 0 Å². The Labute approximate surface area is 133 Å². The third-order valence-corrected chi connectivity index (χ3v) is 4.42. The fraction of sp³-hybridized carbons (Fsp3) is 0.611. The van der Waals surface area contributed by atoms with E-state index in [1.165, 1.54) is 19.3 Å². The fourth-order valence-electron chi connectivity index (χ4n) is 3.02. The van der Waals surface area contributed by atoms with Gasteiger partial charge >= 0.3 is 0 Å².